The third-order valence-corrected chi connectivity index (χ3v) is 3.49. The minimum Gasteiger partial charge on any atom is -0.493 e. The number of carbonyl (C=O) groups is 2. The number of rotatable bonds is 8. The lowest BCUT2D eigenvalue weighted by Gasteiger charge is -2.10. The molecule has 0 aliphatic carbocycles. The fourth-order valence-corrected chi connectivity index (χ4v) is 2.03. The first kappa shape index (κ1) is 19.5. The van der Waals surface area contributed by atoms with Gasteiger partial charge in [-0.25, -0.2) is 5.43 Å². The monoisotopic (exact) mass is 335 g/mol. The molecule has 0 heterocycles. The van der Waals surface area contributed by atoms with E-state index in [-0.39, 0.29) is 0 Å². The maximum atomic E-state index is 11.7. The molecular formula is C17H25N3O4. The highest BCUT2D eigenvalue weighted by molar-refractivity contribution is 6.35. The standard InChI is InChI=1S/C17H25N3O4/c1-5-13(6-2)19-20-17(22)16(21)18-10-9-12-7-8-14(23-3)15(11-12)24-4/h7-8,11H,5-6,9-10H2,1-4H3,(H,18,21)(H,20,22). The number of nitrogens with one attached hydrogen (secondary N) is 2. The molecule has 24 heavy (non-hydrogen) atoms. The second-order valence-electron chi connectivity index (χ2n) is 5.02. The van der Waals surface area contributed by atoms with E-state index in [1.165, 1.54) is 0 Å². The van der Waals surface area contributed by atoms with Crippen molar-refractivity contribution in [2.24, 2.45) is 5.10 Å². The molecule has 1 aromatic carbocycles. The van der Waals surface area contributed by atoms with E-state index in [9.17, 15) is 9.59 Å². The Kier molecular flexibility index (Phi) is 8.32. The van der Waals surface area contributed by atoms with Gasteiger partial charge in [-0.1, -0.05) is 19.9 Å². The summed E-state index contributed by atoms with van der Waals surface area (Å²) in [7, 11) is 3.14. The summed E-state index contributed by atoms with van der Waals surface area (Å²) in [5, 5.41) is 6.48. The van der Waals surface area contributed by atoms with Gasteiger partial charge in [0.1, 0.15) is 0 Å². The van der Waals surface area contributed by atoms with Gasteiger partial charge in [0.05, 0.1) is 14.2 Å². The highest BCUT2D eigenvalue weighted by Gasteiger charge is 2.12. The number of methoxy groups -OCH3 is 2. The Morgan fingerprint density at radius 1 is 1.04 bits per heavy atom. The molecule has 132 valence electrons. The van der Waals surface area contributed by atoms with Crippen molar-refractivity contribution in [3.8, 4) is 11.5 Å². The molecule has 0 aromatic heterocycles. The van der Waals surface area contributed by atoms with E-state index in [1.807, 2.05) is 26.0 Å². The zero-order valence-electron chi connectivity index (χ0n) is 14.6. The zero-order valence-corrected chi connectivity index (χ0v) is 14.6. The molecule has 0 atom stereocenters. The van der Waals surface area contributed by atoms with E-state index in [2.05, 4.69) is 15.8 Å². The SMILES string of the molecule is CCC(CC)=NNC(=O)C(=O)NCCc1ccc(OC)c(OC)c1. The Balaban J connectivity index is 2.48. The predicted octanol–water partition coefficient (Wildman–Crippen LogP) is 1.65. The Labute approximate surface area is 142 Å². The minimum atomic E-state index is -0.762. The van der Waals surface area contributed by atoms with E-state index in [4.69, 9.17) is 9.47 Å². The molecule has 0 radical (unpaired) electrons. The smallest absolute Gasteiger partial charge is 0.329 e. The van der Waals surface area contributed by atoms with Gasteiger partial charge >= 0.3 is 11.8 Å². The zero-order chi connectivity index (χ0) is 17.9. The first-order valence-electron chi connectivity index (χ1n) is 7.90. The van der Waals surface area contributed by atoms with Crippen LogP contribution in [0.2, 0.25) is 0 Å². The van der Waals surface area contributed by atoms with Crippen LogP contribution in [0.1, 0.15) is 32.3 Å². The molecule has 7 nitrogen and oxygen atoms in total. The van der Waals surface area contributed by atoms with Crippen molar-refractivity contribution in [3.63, 3.8) is 0 Å². The Bertz CT molecular complexity index is 593. The van der Waals surface area contributed by atoms with Crippen LogP contribution in [0.25, 0.3) is 0 Å². The summed E-state index contributed by atoms with van der Waals surface area (Å²) in [6, 6.07) is 5.52. The van der Waals surface area contributed by atoms with Crippen molar-refractivity contribution in [1.29, 1.82) is 0 Å². The fraction of sp³-hybridized carbons (Fsp3) is 0.471. The summed E-state index contributed by atoms with van der Waals surface area (Å²) in [4.78, 5) is 23.3. The maximum absolute atomic E-state index is 11.7. The van der Waals surface area contributed by atoms with Crippen molar-refractivity contribution >= 4 is 17.5 Å². The summed E-state index contributed by atoms with van der Waals surface area (Å²) in [5.74, 6) is -0.197. The molecule has 0 bridgehead atoms. The van der Waals surface area contributed by atoms with Crippen LogP contribution in [0, 0.1) is 0 Å². The molecule has 0 aliphatic heterocycles. The largest absolute Gasteiger partial charge is 0.493 e. The second-order valence-corrected chi connectivity index (χ2v) is 5.02. The van der Waals surface area contributed by atoms with E-state index >= 15 is 0 Å². The molecule has 7 heteroatoms. The highest BCUT2D eigenvalue weighted by Crippen LogP contribution is 2.27. The van der Waals surface area contributed by atoms with Gasteiger partial charge in [0.25, 0.3) is 0 Å². The number of hydrogen-bond acceptors (Lipinski definition) is 5. The molecule has 1 aromatic rings. The van der Waals surface area contributed by atoms with E-state index in [0.717, 1.165) is 24.1 Å². The number of ether oxygens (including phenoxy) is 2. The number of hydrazone groups is 1. The summed E-state index contributed by atoms with van der Waals surface area (Å²) in [6.07, 6.45) is 2.03. The van der Waals surface area contributed by atoms with E-state index in [0.29, 0.717) is 24.5 Å². The third kappa shape index (κ3) is 5.91. The van der Waals surface area contributed by atoms with Crippen LogP contribution in [0.4, 0.5) is 0 Å². The minimum absolute atomic E-state index is 0.333. The van der Waals surface area contributed by atoms with Gasteiger partial charge in [-0.3, -0.25) is 9.59 Å². The Morgan fingerprint density at radius 2 is 1.71 bits per heavy atom. The van der Waals surface area contributed by atoms with Crippen LogP contribution < -0.4 is 20.2 Å². The van der Waals surface area contributed by atoms with Gasteiger partial charge in [0.2, 0.25) is 0 Å². The lowest BCUT2D eigenvalue weighted by Crippen LogP contribution is -2.39. The van der Waals surface area contributed by atoms with Crippen molar-refractivity contribution in [2.45, 2.75) is 33.1 Å². The van der Waals surface area contributed by atoms with Gasteiger partial charge in [-0.15, -0.1) is 0 Å². The second kappa shape index (κ2) is 10.3. The molecule has 0 saturated carbocycles. The van der Waals surface area contributed by atoms with Gasteiger partial charge in [-0.2, -0.15) is 5.10 Å². The van der Waals surface area contributed by atoms with Crippen molar-refractivity contribution < 1.29 is 19.1 Å². The lowest BCUT2D eigenvalue weighted by atomic mass is 10.1. The normalized spacial score (nSPS) is 9.83. The van der Waals surface area contributed by atoms with Crippen LogP contribution in [-0.2, 0) is 16.0 Å². The van der Waals surface area contributed by atoms with Gasteiger partial charge in [-0.05, 0) is 37.0 Å². The lowest BCUT2D eigenvalue weighted by molar-refractivity contribution is -0.139. The maximum Gasteiger partial charge on any atom is 0.329 e. The van der Waals surface area contributed by atoms with Crippen molar-refractivity contribution in [3.05, 3.63) is 23.8 Å². The average molecular weight is 335 g/mol. The average Bonchev–Trinajstić information content (AvgIpc) is 2.61. The van der Waals surface area contributed by atoms with E-state index in [1.54, 1.807) is 20.3 Å². The van der Waals surface area contributed by atoms with Gasteiger partial charge in [0, 0.05) is 12.3 Å². The summed E-state index contributed by atoms with van der Waals surface area (Å²) in [5.41, 5.74) is 4.07. The molecule has 0 unspecified atom stereocenters. The van der Waals surface area contributed by atoms with Gasteiger partial charge in [0.15, 0.2) is 11.5 Å². The molecule has 2 amide bonds. The first-order valence-corrected chi connectivity index (χ1v) is 7.90. The number of nitrogens with zero attached hydrogens (tertiary/aromatic N) is 1. The molecule has 0 fully saturated rings. The molecular weight excluding hydrogens is 310 g/mol. The number of hydrogen-bond donors (Lipinski definition) is 2. The third-order valence-electron chi connectivity index (χ3n) is 3.49. The fourth-order valence-electron chi connectivity index (χ4n) is 2.03. The summed E-state index contributed by atoms with van der Waals surface area (Å²) in [6.45, 7) is 4.22. The molecule has 0 saturated heterocycles. The van der Waals surface area contributed by atoms with Crippen LogP contribution in [0.3, 0.4) is 0 Å². The van der Waals surface area contributed by atoms with Crippen molar-refractivity contribution in [1.82, 2.24) is 10.7 Å². The molecule has 2 N–H and O–H groups in total. The number of benzene rings is 1. The van der Waals surface area contributed by atoms with Crippen LogP contribution >= 0.6 is 0 Å². The summed E-state index contributed by atoms with van der Waals surface area (Å²) < 4.78 is 10.4. The van der Waals surface area contributed by atoms with Crippen LogP contribution in [0.15, 0.2) is 23.3 Å². The van der Waals surface area contributed by atoms with Crippen LogP contribution in [0.5, 0.6) is 11.5 Å². The number of carbonyl (C=O) groups excluding carboxylic acids is 2. The molecule has 0 aliphatic rings. The Morgan fingerprint density at radius 3 is 2.29 bits per heavy atom. The van der Waals surface area contributed by atoms with E-state index < -0.39 is 11.8 Å². The Hall–Kier alpha value is -2.57. The quantitative estimate of drug-likeness (QED) is 0.429. The highest BCUT2D eigenvalue weighted by atomic mass is 16.5. The molecule has 1 rings (SSSR count). The van der Waals surface area contributed by atoms with Gasteiger partial charge < -0.3 is 14.8 Å². The van der Waals surface area contributed by atoms with Crippen LogP contribution in [-0.4, -0.2) is 38.3 Å². The van der Waals surface area contributed by atoms with Crippen molar-refractivity contribution in [2.75, 3.05) is 20.8 Å². The number of amides is 2. The molecule has 0 spiro atoms. The first-order chi connectivity index (χ1) is 11.5. The predicted molar refractivity (Wildman–Crippen MR) is 92.4 cm³/mol. The topological polar surface area (TPSA) is 89.0 Å². The summed E-state index contributed by atoms with van der Waals surface area (Å²) >= 11 is 0.